The largest absolute Gasteiger partial charge is 0.465 e. The first-order valence-corrected chi connectivity index (χ1v) is 6.32. The van der Waals surface area contributed by atoms with Crippen LogP contribution in [0.2, 0.25) is 0 Å². The highest BCUT2D eigenvalue weighted by atomic mass is 16.5. The molecule has 0 aliphatic heterocycles. The van der Waals surface area contributed by atoms with E-state index in [2.05, 4.69) is 19.1 Å². The van der Waals surface area contributed by atoms with Crippen LogP contribution in [0.3, 0.4) is 0 Å². The topological polar surface area (TPSA) is 43.4 Å². The number of Topliss-reactive ketones (excluding diaryl/α,β-unsaturated/α-hetero) is 1. The van der Waals surface area contributed by atoms with Crippen molar-refractivity contribution in [3.63, 3.8) is 0 Å². The fourth-order valence-corrected chi connectivity index (χ4v) is 1.40. The van der Waals surface area contributed by atoms with E-state index in [-0.39, 0.29) is 5.78 Å². The van der Waals surface area contributed by atoms with Gasteiger partial charge in [-0.05, 0) is 40.0 Å². The van der Waals surface area contributed by atoms with Gasteiger partial charge in [0.2, 0.25) is 0 Å². The summed E-state index contributed by atoms with van der Waals surface area (Å²) in [4.78, 5) is 23.5. The number of unbranched alkanes of at least 4 members (excludes halogenated alkanes) is 1. The predicted molar refractivity (Wildman–Crippen MR) is 68.7 cm³/mol. The van der Waals surface area contributed by atoms with Gasteiger partial charge < -0.3 is 4.74 Å². The molecule has 0 aromatic rings. The Bertz CT molecular complexity index is 277. The molecule has 0 N–H and O–H groups in total. The monoisotopic (exact) mass is 240 g/mol. The first-order chi connectivity index (χ1) is 7.96. The third-order valence-electron chi connectivity index (χ3n) is 2.66. The van der Waals surface area contributed by atoms with Gasteiger partial charge in [0.1, 0.15) is 11.2 Å². The molecule has 0 aliphatic carbocycles. The van der Waals surface area contributed by atoms with Gasteiger partial charge >= 0.3 is 5.97 Å². The van der Waals surface area contributed by atoms with Crippen LogP contribution in [-0.4, -0.2) is 18.4 Å². The Morgan fingerprint density at radius 3 is 2.35 bits per heavy atom. The van der Waals surface area contributed by atoms with Crippen molar-refractivity contribution in [2.45, 2.75) is 53.4 Å². The van der Waals surface area contributed by atoms with Crippen LogP contribution in [0.15, 0.2) is 12.2 Å². The second kappa shape index (κ2) is 8.04. The molecule has 17 heavy (non-hydrogen) atoms. The summed E-state index contributed by atoms with van der Waals surface area (Å²) in [5.41, 5.74) is -1.01. The number of hydrogen-bond acceptors (Lipinski definition) is 3. The van der Waals surface area contributed by atoms with Gasteiger partial charge in [-0.15, -0.1) is 0 Å². The first-order valence-electron chi connectivity index (χ1n) is 6.32. The van der Waals surface area contributed by atoms with E-state index in [4.69, 9.17) is 4.74 Å². The van der Waals surface area contributed by atoms with Gasteiger partial charge in [0, 0.05) is 6.42 Å². The van der Waals surface area contributed by atoms with Crippen LogP contribution in [-0.2, 0) is 14.3 Å². The van der Waals surface area contributed by atoms with Crippen LogP contribution in [0.1, 0.15) is 53.4 Å². The lowest BCUT2D eigenvalue weighted by Crippen LogP contribution is -2.35. The Balaban J connectivity index is 4.11. The Labute approximate surface area is 104 Å². The Kier molecular flexibility index (Phi) is 7.51. The van der Waals surface area contributed by atoms with Crippen molar-refractivity contribution in [3.05, 3.63) is 12.2 Å². The summed E-state index contributed by atoms with van der Waals surface area (Å²) in [5.74, 6) is -0.463. The second-order valence-corrected chi connectivity index (χ2v) is 4.54. The maximum Gasteiger partial charge on any atom is 0.319 e. The number of esters is 1. The zero-order valence-corrected chi connectivity index (χ0v) is 11.4. The summed E-state index contributed by atoms with van der Waals surface area (Å²) >= 11 is 0. The number of rotatable bonds is 8. The lowest BCUT2D eigenvalue weighted by atomic mass is 9.85. The summed E-state index contributed by atoms with van der Waals surface area (Å²) < 4.78 is 4.90. The van der Waals surface area contributed by atoms with E-state index in [1.807, 2.05) is 0 Å². The third-order valence-corrected chi connectivity index (χ3v) is 2.66. The van der Waals surface area contributed by atoms with E-state index in [1.54, 1.807) is 20.8 Å². The molecule has 0 saturated heterocycles. The summed E-state index contributed by atoms with van der Waals surface area (Å²) in [7, 11) is 0. The molecular weight excluding hydrogens is 216 g/mol. The quantitative estimate of drug-likeness (QED) is 0.283. The Morgan fingerprint density at radius 1 is 1.18 bits per heavy atom. The standard InChI is InChI=1S/C14H24O3/c1-5-7-8-9-10-11-12(15)14(3,4)13(16)17-6-2/h7-8H,5-6,9-11H2,1-4H3/b8-7-. The van der Waals surface area contributed by atoms with E-state index >= 15 is 0 Å². The molecule has 0 heterocycles. The molecule has 0 aromatic carbocycles. The summed E-state index contributed by atoms with van der Waals surface area (Å²) in [6.45, 7) is 7.40. The van der Waals surface area contributed by atoms with Gasteiger partial charge in [0.15, 0.2) is 0 Å². The Hall–Kier alpha value is -1.12. The Morgan fingerprint density at radius 2 is 1.82 bits per heavy atom. The third kappa shape index (κ3) is 5.66. The van der Waals surface area contributed by atoms with Gasteiger partial charge in [-0.3, -0.25) is 9.59 Å². The average molecular weight is 240 g/mol. The highest BCUT2D eigenvalue weighted by molar-refractivity contribution is 6.02. The van der Waals surface area contributed by atoms with E-state index in [0.717, 1.165) is 19.3 Å². The number of carbonyl (C=O) groups excluding carboxylic acids is 2. The molecule has 0 atom stereocenters. The molecular formula is C14H24O3. The maximum atomic E-state index is 11.9. The lowest BCUT2D eigenvalue weighted by molar-refractivity contribution is -0.157. The zero-order valence-electron chi connectivity index (χ0n) is 11.4. The second-order valence-electron chi connectivity index (χ2n) is 4.54. The van der Waals surface area contributed by atoms with E-state index in [9.17, 15) is 9.59 Å². The number of hydrogen-bond donors (Lipinski definition) is 0. The normalized spacial score (nSPS) is 11.8. The number of ketones is 1. The highest BCUT2D eigenvalue weighted by Crippen LogP contribution is 2.22. The summed E-state index contributed by atoms with van der Waals surface area (Å²) in [5, 5.41) is 0. The van der Waals surface area contributed by atoms with Crippen molar-refractivity contribution >= 4 is 11.8 Å². The molecule has 0 spiro atoms. The molecule has 0 amide bonds. The van der Waals surface area contributed by atoms with Crippen LogP contribution >= 0.6 is 0 Å². The molecule has 98 valence electrons. The number of carbonyl (C=O) groups is 2. The minimum absolute atomic E-state index is 0.0409. The molecule has 0 saturated carbocycles. The molecule has 0 aliphatic rings. The molecule has 0 bridgehead atoms. The molecule has 0 unspecified atom stereocenters. The molecule has 0 aromatic heterocycles. The maximum absolute atomic E-state index is 11.9. The molecule has 0 rings (SSSR count). The fraction of sp³-hybridized carbons (Fsp3) is 0.714. The lowest BCUT2D eigenvalue weighted by Gasteiger charge is -2.20. The minimum atomic E-state index is -1.01. The molecule has 3 heteroatoms. The van der Waals surface area contributed by atoms with E-state index in [1.165, 1.54) is 0 Å². The van der Waals surface area contributed by atoms with Gasteiger partial charge in [0.05, 0.1) is 6.61 Å². The van der Waals surface area contributed by atoms with E-state index in [0.29, 0.717) is 13.0 Å². The molecule has 0 fully saturated rings. The van der Waals surface area contributed by atoms with Crippen molar-refractivity contribution in [1.29, 1.82) is 0 Å². The average Bonchev–Trinajstić information content (AvgIpc) is 2.28. The van der Waals surface area contributed by atoms with Crippen molar-refractivity contribution in [3.8, 4) is 0 Å². The van der Waals surface area contributed by atoms with Crippen molar-refractivity contribution in [2.75, 3.05) is 6.61 Å². The smallest absolute Gasteiger partial charge is 0.319 e. The number of allylic oxidation sites excluding steroid dienone is 2. The summed E-state index contributed by atoms with van der Waals surface area (Å²) in [6.07, 6.45) is 7.28. The van der Waals surface area contributed by atoms with Gasteiger partial charge in [-0.2, -0.15) is 0 Å². The van der Waals surface area contributed by atoms with Gasteiger partial charge in [-0.25, -0.2) is 0 Å². The highest BCUT2D eigenvalue weighted by Gasteiger charge is 2.36. The van der Waals surface area contributed by atoms with Crippen LogP contribution in [0.25, 0.3) is 0 Å². The molecule has 0 radical (unpaired) electrons. The fourth-order valence-electron chi connectivity index (χ4n) is 1.40. The van der Waals surface area contributed by atoms with Crippen LogP contribution in [0.4, 0.5) is 0 Å². The van der Waals surface area contributed by atoms with E-state index < -0.39 is 11.4 Å². The van der Waals surface area contributed by atoms with Crippen molar-refractivity contribution in [1.82, 2.24) is 0 Å². The van der Waals surface area contributed by atoms with Crippen LogP contribution in [0, 0.1) is 5.41 Å². The van der Waals surface area contributed by atoms with Crippen LogP contribution < -0.4 is 0 Å². The van der Waals surface area contributed by atoms with Crippen molar-refractivity contribution < 1.29 is 14.3 Å². The SMILES string of the molecule is CC/C=C\CCCC(=O)C(C)(C)C(=O)OCC. The zero-order chi connectivity index (χ0) is 13.3. The summed E-state index contributed by atoms with van der Waals surface area (Å²) in [6, 6.07) is 0. The van der Waals surface area contributed by atoms with Crippen LogP contribution in [0.5, 0.6) is 0 Å². The van der Waals surface area contributed by atoms with Gasteiger partial charge in [-0.1, -0.05) is 19.1 Å². The predicted octanol–water partition coefficient (Wildman–Crippen LogP) is 3.28. The molecule has 3 nitrogen and oxygen atoms in total. The van der Waals surface area contributed by atoms with Gasteiger partial charge in [0.25, 0.3) is 0 Å². The number of ether oxygens (including phenoxy) is 1. The first kappa shape index (κ1) is 15.9. The minimum Gasteiger partial charge on any atom is -0.465 e. The van der Waals surface area contributed by atoms with Crippen molar-refractivity contribution in [2.24, 2.45) is 5.41 Å².